The van der Waals surface area contributed by atoms with Crippen molar-refractivity contribution in [3.8, 4) is 11.8 Å². The minimum absolute atomic E-state index is 0.127. The lowest BCUT2D eigenvalue weighted by Gasteiger charge is -2.09. The topological polar surface area (TPSA) is 95.7 Å². The molecule has 0 bridgehead atoms. The molecule has 0 saturated heterocycles. The Kier molecular flexibility index (Phi) is 3.65. The second-order valence-electron chi connectivity index (χ2n) is 6.12. The van der Waals surface area contributed by atoms with Crippen LogP contribution in [0.15, 0.2) is 35.3 Å². The summed E-state index contributed by atoms with van der Waals surface area (Å²) < 4.78 is 7.25. The highest BCUT2D eigenvalue weighted by Crippen LogP contribution is 2.31. The maximum atomic E-state index is 12.3. The van der Waals surface area contributed by atoms with Gasteiger partial charge in [-0.15, -0.1) is 0 Å². The van der Waals surface area contributed by atoms with E-state index in [2.05, 4.69) is 21.5 Å². The van der Waals surface area contributed by atoms with E-state index in [9.17, 15) is 4.79 Å². The smallest absolute Gasteiger partial charge is 0.261 e. The Hall–Kier alpha value is -3.27. The van der Waals surface area contributed by atoms with Gasteiger partial charge in [-0.25, -0.2) is 0 Å². The van der Waals surface area contributed by atoms with Gasteiger partial charge in [-0.1, -0.05) is 0 Å². The van der Waals surface area contributed by atoms with Crippen molar-refractivity contribution in [2.45, 2.75) is 25.8 Å². The van der Waals surface area contributed by atoms with Crippen molar-refractivity contribution in [3.63, 3.8) is 0 Å². The van der Waals surface area contributed by atoms with Crippen molar-refractivity contribution in [3.05, 3.63) is 46.4 Å². The maximum Gasteiger partial charge on any atom is 0.261 e. The normalized spacial score (nSPS) is 13.9. The molecule has 0 amide bonds. The summed E-state index contributed by atoms with van der Waals surface area (Å²) in [6.45, 7) is 2.61. The van der Waals surface area contributed by atoms with Crippen molar-refractivity contribution in [1.29, 1.82) is 5.26 Å². The number of nitriles is 1. The number of ether oxygens (including phenoxy) is 1. The molecule has 126 valence electrons. The number of hydrogen-bond acceptors (Lipinski definition) is 5. The highest BCUT2D eigenvalue weighted by atomic mass is 16.5. The minimum atomic E-state index is -0.208. The number of H-pyrrole nitrogens is 1. The molecular formula is C18H17N5O2. The zero-order valence-corrected chi connectivity index (χ0v) is 13.7. The highest BCUT2D eigenvalue weighted by Gasteiger charge is 2.18. The molecule has 0 saturated carbocycles. The fraction of sp³-hybridized carbons (Fsp3) is 0.278. The largest absolute Gasteiger partial charge is 0.493 e. The fourth-order valence-electron chi connectivity index (χ4n) is 3.14. The first-order chi connectivity index (χ1) is 12.2. The molecule has 3 heterocycles. The van der Waals surface area contributed by atoms with E-state index in [1.165, 1.54) is 0 Å². The molecular weight excluding hydrogens is 318 g/mol. The molecule has 2 N–H and O–H groups in total. The van der Waals surface area contributed by atoms with E-state index >= 15 is 0 Å². The molecule has 0 radical (unpaired) electrons. The van der Waals surface area contributed by atoms with Gasteiger partial charge in [-0.2, -0.15) is 10.4 Å². The van der Waals surface area contributed by atoms with Crippen molar-refractivity contribution in [1.82, 2.24) is 14.8 Å². The first-order valence-electron chi connectivity index (χ1n) is 8.17. The molecule has 1 aliphatic rings. The third-order valence-corrected chi connectivity index (χ3v) is 4.39. The summed E-state index contributed by atoms with van der Waals surface area (Å²) in [7, 11) is 0. The van der Waals surface area contributed by atoms with Gasteiger partial charge in [0.15, 0.2) is 5.82 Å². The highest BCUT2D eigenvalue weighted by molar-refractivity contribution is 5.91. The van der Waals surface area contributed by atoms with Gasteiger partial charge in [0.25, 0.3) is 5.56 Å². The Morgan fingerprint density at radius 3 is 3.20 bits per heavy atom. The van der Waals surface area contributed by atoms with Gasteiger partial charge >= 0.3 is 0 Å². The van der Waals surface area contributed by atoms with Gasteiger partial charge in [0, 0.05) is 18.3 Å². The van der Waals surface area contributed by atoms with E-state index in [0.717, 1.165) is 23.4 Å². The zero-order valence-electron chi connectivity index (χ0n) is 13.7. The van der Waals surface area contributed by atoms with Crippen LogP contribution in [0.4, 0.5) is 11.5 Å². The molecule has 1 aliphatic heterocycles. The van der Waals surface area contributed by atoms with E-state index < -0.39 is 0 Å². The Bertz CT molecular complexity index is 1040. The van der Waals surface area contributed by atoms with Gasteiger partial charge in [0.1, 0.15) is 11.1 Å². The summed E-state index contributed by atoms with van der Waals surface area (Å²) in [6, 6.07) is 9.68. The van der Waals surface area contributed by atoms with Crippen LogP contribution < -0.4 is 15.6 Å². The number of fused-ring (bicyclic) bond motifs is 2. The Balaban J connectivity index is 1.79. The molecule has 1 aromatic carbocycles. The van der Waals surface area contributed by atoms with E-state index in [1.54, 1.807) is 16.9 Å². The maximum absolute atomic E-state index is 12.3. The second-order valence-corrected chi connectivity index (χ2v) is 6.12. The molecule has 25 heavy (non-hydrogen) atoms. The van der Waals surface area contributed by atoms with Crippen LogP contribution >= 0.6 is 0 Å². The van der Waals surface area contributed by atoms with Gasteiger partial charge in [-0.3, -0.25) is 9.48 Å². The van der Waals surface area contributed by atoms with Crippen LogP contribution in [-0.2, 0) is 6.42 Å². The molecule has 2 aromatic heterocycles. The summed E-state index contributed by atoms with van der Waals surface area (Å²) in [5.74, 6) is 1.39. The number of aromatic amines is 1. The van der Waals surface area contributed by atoms with Gasteiger partial charge in [-0.05, 0) is 36.8 Å². The monoisotopic (exact) mass is 335 g/mol. The number of pyridine rings is 1. The number of hydrogen-bond donors (Lipinski definition) is 2. The van der Waals surface area contributed by atoms with Gasteiger partial charge in [0.05, 0.1) is 30.7 Å². The molecule has 3 aromatic rings. The van der Waals surface area contributed by atoms with Crippen LogP contribution in [0.3, 0.4) is 0 Å². The number of benzene rings is 1. The van der Waals surface area contributed by atoms with Crippen LogP contribution in [0.2, 0.25) is 0 Å². The van der Waals surface area contributed by atoms with Crippen LogP contribution in [0, 0.1) is 11.3 Å². The summed E-state index contributed by atoms with van der Waals surface area (Å²) >= 11 is 0. The number of rotatable bonds is 4. The third kappa shape index (κ3) is 2.62. The first-order valence-corrected chi connectivity index (χ1v) is 8.17. The van der Waals surface area contributed by atoms with Crippen molar-refractivity contribution < 1.29 is 4.74 Å². The number of nitrogens with zero attached hydrogens (tertiary/aromatic N) is 3. The lowest BCUT2D eigenvalue weighted by atomic mass is 10.1. The van der Waals surface area contributed by atoms with Crippen molar-refractivity contribution >= 4 is 22.4 Å². The molecule has 1 atom stereocenters. The number of anilines is 2. The van der Waals surface area contributed by atoms with Crippen LogP contribution in [0.5, 0.6) is 5.75 Å². The predicted octanol–water partition coefficient (Wildman–Crippen LogP) is 2.88. The number of nitrogens with one attached hydrogen (secondary N) is 2. The van der Waals surface area contributed by atoms with Gasteiger partial charge in [0.2, 0.25) is 0 Å². The van der Waals surface area contributed by atoms with Crippen LogP contribution in [-0.4, -0.2) is 21.4 Å². The van der Waals surface area contributed by atoms with Crippen molar-refractivity contribution in [2.75, 3.05) is 11.9 Å². The fourth-order valence-corrected chi connectivity index (χ4v) is 3.14. The van der Waals surface area contributed by atoms with Crippen LogP contribution in [0.1, 0.15) is 24.9 Å². The molecule has 0 fully saturated rings. The summed E-state index contributed by atoms with van der Waals surface area (Å²) in [5, 5.41) is 17.3. The molecule has 0 aliphatic carbocycles. The SMILES string of the molecule is C[C@@H](CC#N)n1nc(Nc2ccc3c(c2)CCO3)c2c(=O)[nH]ccc21. The molecule has 0 unspecified atom stereocenters. The summed E-state index contributed by atoms with van der Waals surface area (Å²) in [6.07, 6.45) is 2.79. The first kappa shape index (κ1) is 15.3. The van der Waals surface area contributed by atoms with E-state index in [-0.39, 0.29) is 11.6 Å². The van der Waals surface area contributed by atoms with E-state index in [1.807, 2.05) is 25.1 Å². The quantitative estimate of drug-likeness (QED) is 0.764. The average Bonchev–Trinajstić information content (AvgIpc) is 3.20. The minimum Gasteiger partial charge on any atom is -0.493 e. The van der Waals surface area contributed by atoms with Crippen LogP contribution in [0.25, 0.3) is 10.9 Å². The van der Waals surface area contributed by atoms with Crippen molar-refractivity contribution in [2.24, 2.45) is 0 Å². The molecule has 7 nitrogen and oxygen atoms in total. The molecule has 4 rings (SSSR count). The standard InChI is InChI=1S/C18H17N5O2/c1-11(4-7-19)23-14-5-8-20-18(24)16(14)17(22-23)21-13-2-3-15-12(10-13)6-9-25-15/h2-3,5,8,10-11H,4,6,9H2,1H3,(H,20,24)(H,21,22)/t11-/m0/s1. The average molecular weight is 335 g/mol. The Morgan fingerprint density at radius 2 is 2.36 bits per heavy atom. The Morgan fingerprint density at radius 1 is 1.48 bits per heavy atom. The second kappa shape index (κ2) is 5.98. The lowest BCUT2D eigenvalue weighted by Crippen LogP contribution is -2.08. The van der Waals surface area contributed by atoms with E-state index in [4.69, 9.17) is 10.00 Å². The Labute approximate surface area is 143 Å². The summed E-state index contributed by atoms with van der Waals surface area (Å²) in [5.41, 5.74) is 2.49. The predicted molar refractivity (Wildman–Crippen MR) is 94.2 cm³/mol. The molecule has 7 heteroatoms. The third-order valence-electron chi connectivity index (χ3n) is 4.39. The summed E-state index contributed by atoms with van der Waals surface area (Å²) in [4.78, 5) is 15.0. The van der Waals surface area contributed by atoms with Gasteiger partial charge < -0.3 is 15.0 Å². The van der Waals surface area contributed by atoms with E-state index in [0.29, 0.717) is 29.7 Å². The lowest BCUT2D eigenvalue weighted by molar-refractivity contribution is 0.357. The zero-order chi connectivity index (χ0) is 17.4. The number of aromatic nitrogens is 3. The molecule has 0 spiro atoms.